The van der Waals surface area contributed by atoms with Crippen molar-refractivity contribution in [1.82, 2.24) is 4.98 Å². The molecule has 10 heteroatoms. The molecule has 2 N–H and O–H groups in total. The van der Waals surface area contributed by atoms with E-state index in [1.807, 2.05) is 0 Å². The lowest BCUT2D eigenvalue weighted by Crippen LogP contribution is -2.18. The second kappa shape index (κ2) is 8.38. The third-order valence-electron chi connectivity index (χ3n) is 4.76. The summed E-state index contributed by atoms with van der Waals surface area (Å²) in [7, 11) is 0. The van der Waals surface area contributed by atoms with E-state index in [0.717, 1.165) is 30.5 Å². The molecular formula is C23H15F4N3O3. The number of fused-ring (bicyclic) bond motifs is 1. The van der Waals surface area contributed by atoms with Crippen molar-refractivity contribution < 1.29 is 31.6 Å². The van der Waals surface area contributed by atoms with Crippen LogP contribution in [0.1, 0.15) is 32.0 Å². The van der Waals surface area contributed by atoms with Gasteiger partial charge >= 0.3 is 6.18 Å². The van der Waals surface area contributed by atoms with Gasteiger partial charge in [0.15, 0.2) is 0 Å². The number of hydrogen-bond acceptors (Lipinski definition) is 4. The van der Waals surface area contributed by atoms with Crippen LogP contribution in [0.3, 0.4) is 0 Å². The van der Waals surface area contributed by atoms with Gasteiger partial charge in [0.1, 0.15) is 12.1 Å². The summed E-state index contributed by atoms with van der Waals surface area (Å²) in [6, 6.07) is 9.37. The Bertz CT molecular complexity index is 1360. The first kappa shape index (κ1) is 22.0. The van der Waals surface area contributed by atoms with Gasteiger partial charge in [-0.25, -0.2) is 4.39 Å². The second-order valence-electron chi connectivity index (χ2n) is 7.15. The van der Waals surface area contributed by atoms with Crippen LogP contribution >= 0.6 is 0 Å². The average molecular weight is 457 g/mol. The van der Waals surface area contributed by atoms with E-state index in [0.29, 0.717) is 5.69 Å². The molecule has 33 heavy (non-hydrogen) atoms. The lowest BCUT2D eigenvalue weighted by molar-refractivity contribution is -0.136. The molecule has 0 spiro atoms. The summed E-state index contributed by atoms with van der Waals surface area (Å²) in [5.41, 5.74) is -0.993. The van der Waals surface area contributed by atoms with E-state index >= 15 is 0 Å². The molecule has 0 saturated carbocycles. The quantitative estimate of drug-likeness (QED) is 0.380. The van der Waals surface area contributed by atoms with Gasteiger partial charge in [0.25, 0.3) is 11.8 Å². The highest BCUT2D eigenvalue weighted by atomic mass is 19.4. The Kier molecular flexibility index (Phi) is 5.59. The normalized spacial score (nSPS) is 11.4. The van der Waals surface area contributed by atoms with E-state index < -0.39 is 35.1 Å². The number of pyridine rings is 1. The Hall–Kier alpha value is -4.21. The van der Waals surface area contributed by atoms with E-state index in [1.165, 1.54) is 30.5 Å². The molecule has 0 atom stereocenters. The molecule has 0 bridgehead atoms. The maximum atomic E-state index is 13.7. The number of rotatable bonds is 4. The summed E-state index contributed by atoms with van der Waals surface area (Å²) in [5.74, 6) is -2.03. The van der Waals surface area contributed by atoms with Crippen LogP contribution in [0.15, 0.2) is 65.5 Å². The van der Waals surface area contributed by atoms with Gasteiger partial charge in [-0.15, -0.1) is 0 Å². The Labute approximate surface area is 184 Å². The van der Waals surface area contributed by atoms with Crippen LogP contribution in [-0.2, 0) is 6.18 Å². The summed E-state index contributed by atoms with van der Waals surface area (Å²) in [5, 5.41) is 4.91. The van der Waals surface area contributed by atoms with E-state index in [9.17, 15) is 27.2 Å². The van der Waals surface area contributed by atoms with Crippen molar-refractivity contribution in [3.8, 4) is 0 Å². The lowest BCUT2D eigenvalue weighted by Gasteiger charge is -2.16. The Morgan fingerprint density at radius 1 is 0.970 bits per heavy atom. The fraction of sp³-hybridized carbons (Fsp3) is 0.0870. The summed E-state index contributed by atoms with van der Waals surface area (Å²) in [4.78, 5) is 29.1. The summed E-state index contributed by atoms with van der Waals surface area (Å²) < 4.78 is 59.5. The van der Waals surface area contributed by atoms with E-state index in [-0.39, 0.29) is 27.7 Å². The van der Waals surface area contributed by atoms with Gasteiger partial charge in [0.05, 0.1) is 34.2 Å². The Morgan fingerprint density at radius 3 is 2.45 bits per heavy atom. The number of carbonyl (C=O) groups excluding carboxylic acids is 2. The standard InChI is InChI=1S/C23H15F4N3O3/c1-12-8-17(16-4-2-14(24)9-20(16)28-12)22(32)30-19-5-3-15(10-18(19)23(25,26)27)29-21(31)13-6-7-33-11-13/h2-11H,1H3,(H,29,31)(H,30,32). The topological polar surface area (TPSA) is 84.2 Å². The third-order valence-corrected chi connectivity index (χ3v) is 4.76. The zero-order valence-electron chi connectivity index (χ0n) is 17.0. The van der Waals surface area contributed by atoms with E-state index in [2.05, 4.69) is 15.6 Å². The first-order chi connectivity index (χ1) is 15.6. The predicted octanol–water partition coefficient (Wildman–Crippen LogP) is 5.80. The monoisotopic (exact) mass is 457 g/mol. The number of furan rings is 1. The summed E-state index contributed by atoms with van der Waals surface area (Å²) in [6.45, 7) is 1.58. The maximum absolute atomic E-state index is 13.7. The molecular weight excluding hydrogens is 442 g/mol. The minimum absolute atomic E-state index is 0.0444. The van der Waals surface area contributed by atoms with Crippen LogP contribution in [0, 0.1) is 12.7 Å². The number of carbonyl (C=O) groups is 2. The van der Waals surface area contributed by atoms with Gasteiger partial charge < -0.3 is 15.1 Å². The minimum Gasteiger partial charge on any atom is -0.472 e. The molecule has 168 valence electrons. The van der Waals surface area contributed by atoms with Crippen LogP contribution in [0.4, 0.5) is 28.9 Å². The smallest absolute Gasteiger partial charge is 0.418 e. The molecule has 2 aromatic heterocycles. The first-order valence-electron chi connectivity index (χ1n) is 9.55. The molecule has 2 amide bonds. The fourth-order valence-corrected chi connectivity index (χ4v) is 3.27. The zero-order chi connectivity index (χ0) is 23.8. The van der Waals surface area contributed by atoms with Gasteiger partial charge in [-0.05, 0) is 49.4 Å². The van der Waals surface area contributed by atoms with Gasteiger partial charge in [0, 0.05) is 22.8 Å². The molecule has 0 unspecified atom stereocenters. The number of nitrogens with one attached hydrogen (secondary N) is 2. The molecule has 2 aromatic carbocycles. The van der Waals surface area contributed by atoms with Crippen molar-refractivity contribution in [3.63, 3.8) is 0 Å². The van der Waals surface area contributed by atoms with Crippen LogP contribution in [0.5, 0.6) is 0 Å². The summed E-state index contributed by atoms with van der Waals surface area (Å²) >= 11 is 0. The molecule has 2 heterocycles. The minimum atomic E-state index is -4.82. The molecule has 4 aromatic rings. The number of aryl methyl sites for hydroxylation is 1. The van der Waals surface area contributed by atoms with Gasteiger partial charge in [-0.3, -0.25) is 14.6 Å². The van der Waals surface area contributed by atoms with Crippen molar-refractivity contribution in [2.24, 2.45) is 0 Å². The first-order valence-corrected chi connectivity index (χ1v) is 9.55. The van der Waals surface area contributed by atoms with Crippen molar-refractivity contribution in [2.75, 3.05) is 10.6 Å². The number of alkyl halides is 3. The van der Waals surface area contributed by atoms with Crippen molar-refractivity contribution >= 4 is 34.1 Å². The van der Waals surface area contributed by atoms with Gasteiger partial charge in [-0.1, -0.05) is 0 Å². The summed E-state index contributed by atoms with van der Waals surface area (Å²) in [6.07, 6.45) is -2.41. The fourth-order valence-electron chi connectivity index (χ4n) is 3.27. The van der Waals surface area contributed by atoms with Crippen LogP contribution in [0.2, 0.25) is 0 Å². The SMILES string of the molecule is Cc1cc(C(=O)Nc2ccc(NC(=O)c3ccoc3)cc2C(F)(F)F)c2ccc(F)cc2n1. The molecule has 0 aliphatic heterocycles. The largest absolute Gasteiger partial charge is 0.472 e. The number of amides is 2. The number of halogens is 4. The van der Waals surface area contributed by atoms with Crippen LogP contribution in [0.25, 0.3) is 10.9 Å². The maximum Gasteiger partial charge on any atom is 0.418 e. The van der Waals surface area contributed by atoms with Gasteiger partial charge in [-0.2, -0.15) is 13.2 Å². The van der Waals surface area contributed by atoms with Crippen LogP contribution in [-0.4, -0.2) is 16.8 Å². The molecule has 6 nitrogen and oxygen atoms in total. The second-order valence-corrected chi connectivity index (χ2v) is 7.15. The third kappa shape index (κ3) is 4.69. The number of aromatic nitrogens is 1. The van der Waals surface area contributed by atoms with Crippen molar-refractivity contribution in [2.45, 2.75) is 13.1 Å². The van der Waals surface area contributed by atoms with Crippen molar-refractivity contribution in [1.29, 1.82) is 0 Å². The number of benzene rings is 2. The zero-order valence-corrected chi connectivity index (χ0v) is 17.0. The molecule has 0 aliphatic carbocycles. The van der Waals surface area contributed by atoms with E-state index in [1.54, 1.807) is 6.92 Å². The molecule has 4 rings (SSSR count). The Balaban J connectivity index is 1.67. The molecule has 0 fully saturated rings. The van der Waals surface area contributed by atoms with Crippen molar-refractivity contribution in [3.05, 3.63) is 89.3 Å². The predicted molar refractivity (Wildman–Crippen MR) is 112 cm³/mol. The Morgan fingerprint density at radius 2 is 1.76 bits per heavy atom. The molecule has 0 aliphatic rings. The number of hydrogen-bond donors (Lipinski definition) is 2. The highest BCUT2D eigenvalue weighted by Crippen LogP contribution is 2.37. The van der Waals surface area contributed by atoms with Crippen LogP contribution < -0.4 is 10.6 Å². The molecule has 0 radical (unpaired) electrons. The lowest BCUT2D eigenvalue weighted by atomic mass is 10.1. The molecule has 0 saturated heterocycles. The highest BCUT2D eigenvalue weighted by molar-refractivity contribution is 6.13. The number of anilines is 2. The van der Waals surface area contributed by atoms with Gasteiger partial charge in [0.2, 0.25) is 0 Å². The average Bonchev–Trinajstić information content (AvgIpc) is 3.28. The van der Waals surface area contributed by atoms with E-state index in [4.69, 9.17) is 4.42 Å². The highest BCUT2D eigenvalue weighted by Gasteiger charge is 2.34. The number of nitrogens with zero attached hydrogens (tertiary/aromatic N) is 1.